The molecule has 1 fully saturated rings. The van der Waals surface area contributed by atoms with Crippen LogP contribution in [-0.4, -0.2) is 34.5 Å². The van der Waals surface area contributed by atoms with Crippen LogP contribution >= 0.6 is 0 Å². The molecule has 154 valence electrons. The third-order valence-corrected chi connectivity index (χ3v) is 5.27. The normalized spacial score (nSPS) is 16.4. The van der Waals surface area contributed by atoms with Gasteiger partial charge in [-0.3, -0.25) is 19.7 Å². The van der Waals surface area contributed by atoms with Gasteiger partial charge in [-0.15, -0.1) is 0 Å². The number of imide groups is 1. The first-order valence-corrected chi connectivity index (χ1v) is 9.55. The van der Waals surface area contributed by atoms with Gasteiger partial charge >= 0.3 is 0 Å². The molecule has 3 N–H and O–H groups in total. The van der Waals surface area contributed by atoms with E-state index in [-0.39, 0.29) is 30.7 Å². The Labute approximate surface area is 172 Å². The third-order valence-electron chi connectivity index (χ3n) is 5.27. The van der Waals surface area contributed by atoms with Gasteiger partial charge in [0, 0.05) is 35.5 Å². The van der Waals surface area contributed by atoms with E-state index in [9.17, 15) is 19.5 Å². The lowest BCUT2D eigenvalue weighted by atomic mass is 10.1. The number of piperidine rings is 1. The van der Waals surface area contributed by atoms with E-state index in [2.05, 4.69) is 10.6 Å². The van der Waals surface area contributed by atoms with Crippen molar-refractivity contribution < 1.29 is 24.2 Å². The average molecular weight is 407 g/mol. The monoisotopic (exact) mass is 407 g/mol. The molecule has 1 aromatic heterocycles. The molecule has 0 aliphatic carbocycles. The predicted octanol–water partition coefficient (Wildman–Crippen LogP) is 2.26. The van der Waals surface area contributed by atoms with Crippen LogP contribution in [-0.2, 0) is 16.1 Å². The molecular formula is C22H21N3O5. The summed E-state index contributed by atoms with van der Waals surface area (Å²) in [6.07, 6.45) is 2.23. The van der Waals surface area contributed by atoms with Crippen molar-refractivity contribution in [3.05, 3.63) is 59.8 Å². The van der Waals surface area contributed by atoms with Crippen molar-refractivity contribution in [1.82, 2.24) is 15.2 Å². The predicted molar refractivity (Wildman–Crippen MR) is 109 cm³/mol. The van der Waals surface area contributed by atoms with Gasteiger partial charge < -0.3 is 19.7 Å². The first-order chi connectivity index (χ1) is 14.5. The fourth-order valence-corrected chi connectivity index (χ4v) is 3.68. The molecule has 8 nitrogen and oxygen atoms in total. The van der Waals surface area contributed by atoms with Crippen LogP contribution in [0.15, 0.2) is 48.7 Å². The Balaban J connectivity index is 1.58. The summed E-state index contributed by atoms with van der Waals surface area (Å²) >= 11 is 0. The van der Waals surface area contributed by atoms with E-state index >= 15 is 0 Å². The largest absolute Gasteiger partial charge is 0.497 e. The molecule has 2 heterocycles. The van der Waals surface area contributed by atoms with Crippen LogP contribution in [0, 0.1) is 0 Å². The quantitative estimate of drug-likeness (QED) is 0.562. The number of hydrogen-bond acceptors (Lipinski definition) is 5. The van der Waals surface area contributed by atoms with Gasteiger partial charge in [-0.25, -0.2) is 0 Å². The van der Waals surface area contributed by atoms with E-state index < -0.39 is 11.9 Å². The van der Waals surface area contributed by atoms with Gasteiger partial charge in [-0.2, -0.15) is 0 Å². The molecule has 4 rings (SSSR count). The highest BCUT2D eigenvalue weighted by Crippen LogP contribution is 2.34. The molecule has 0 saturated carbocycles. The zero-order valence-electron chi connectivity index (χ0n) is 16.3. The number of benzene rings is 2. The molecule has 1 aliphatic heterocycles. The maximum Gasteiger partial charge on any atom is 0.251 e. The summed E-state index contributed by atoms with van der Waals surface area (Å²) in [6.45, 7) is 0.242. The van der Waals surface area contributed by atoms with Crippen molar-refractivity contribution in [2.45, 2.75) is 25.4 Å². The molecule has 8 heteroatoms. The van der Waals surface area contributed by atoms with Crippen LogP contribution in [0.25, 0.3) is 10.8 Å². The highest BCUT2D eigenvalue weighted by Gasteiger charge is 2.30. The summed E-state index contributed by atoms with van der Waals surface area (Å²) in [5.74, 6) is -0.445. The second-order valence-corrected chi connectivity index (χ2v) is 7.12. The summed E-state index contributed by atoms with van der Waals surface area (Å²) in [4.78, 5) is 36.1. The fraction of sp³-hybridized carbons (Fsp3) is 0.227. The molecule has 3 amide bonds. The number of methoxy groups -OCH3 is 1. The van der Waals surface area contributed by atoms with Crippen molar-refractivity contribution in [2.75, 3.05) is 7.11 Å². The molecule has 30 heavy (non-hydrogen) atoms. The molecule has 1 aliphatic rings. The fourth-order valence-electron chi connectivity index (χ4n) is 3.68. The van der Waals surface area contributed by atoms with Gasteiger partial charge in [-0.1, -0.05) is 18.2 Å². The minimum absolute atomic E-state index is 0.0412. The molecule has 1 unspecified atom stereocenters. The Morgan fingerprint density at radius 1 is 1.23 bits per heavy atom. The maximum absolute atomic E-state index is 12.5. The molecule has 0 bridgehead atoms. The van der Waals surface area contributed by atoms with Gasteiger partial charge in [0.05, 0.1) is 7.11 Å². The molecule has 2 aromatic carbocycles. The van der Waals surface area contributed by atoms with Crippen LogP contribution in [0.2, 0.25) is 0 Å². The number of nitrogens with zero attached hydrogens (tertiary/aromatic N) is 1. The standard InChI is InChI=1S/C22H21N3O5/c1-30-15-6-2-4-13(10-15)20(27)23-11-14-5-3-7-16-17(14)12-25(22(16)29)18-8-9-19(26)24-21(18)28/h2-7,10,12,18,29H,8-9,11H2,1H3,(H,23,27)(H,24,26,28). The number of nitrogens with one attached hydrogen (secondary N) is 2. The number of ether oxygens (including phenoxy) is 1. The van der Waals surface area contributed by atoms with Gasteiger partial charge in [0.15, 0.2) is 5.88 Å². The first-order valence-electron chi connectivity index (χ1n) is 9.55. The van der Waals surface area contributed by atoms with Crippen molar-refractivity contribution in [3.8, 4) is 11.6 Å². The van der Waals surface area contributed by atoms with Crippen LogP contribution in [0.3, 0.4) is 0 Å². The summed E-state index contributed by atoms with van der Waals surface area (Å²) in [5.41, 5.74) is 1.27. The number of fused-ring (bicyclic) bond motifs is 1. The SMILES string of the molecule is COc1cccc(C(=O)NCc2cccc3c(O)n(C4CCC(=O)NC4=O)cc23)c1. The van der Waals surface area contributed by atoms with Crippen LogP contribution < -0.4 is 15.4 Å². The van der Waals surface area contributed by atoms with Crippen molar-refractivity contribution >= 4 is 28.5 Å². The van der Waals surface area contributed by atoms with Crippen LogP contribution in [0.1, 0.15) is 34.8 Å². The number of hydrogen-bond donors (Lipinski definition) is 3. The van der Waals surface area contributed by atoms with Crippen molar-refractivity contribution in [3.63, 3.8) is 0 Å². The smallest absolute Gasteiger partial charge is 0.251 e. The Morgan fingerprint density at radius 3 is 2.80 bits per heavy atom. The molecule has 0 spiro atoms. The number of amides is 3. The topological polar surface area (TPSA) is 110 Å². The first kappa shape index (κ1) is 19.5. The van der Waals surface area contributed by atoms with Crippen molar-refractivity contribution in [1.29, 1.82) is 0 Å². The van der Waals surface area contributed by atoms with E-state index in [1.54, 1.807) is 42.6 Å². The average Bonchev–Trinajstić information content (AvgIpc) is 3.09. The van der Waals surface area contributed by atoms with Gasteiger partial charge in [0.2, 0.25) is 11.8 Å². The highest BCUT2D eigenvalue weighted by atomic mass is 16.5. The Kier molecular flexibility index (Phi) is 5.14. The van der Waals surface area contributed by atoms with Gasteiger partial charge in [0.1, 0.15) is 11.8 Å². The molecular weight excluding hydrogens is 386 g/mol. The second-order valence-electron chi connectivity index (χ2n) is 7.12. The number of aromatic hydroxyl groups is 1. The summed E-state index contributed by atoms with van der Waals surface area (Å²) < 4.78 is 6.64. The lowest BCUT2D eigenvalue weighted by molar-refractivity contribution is -0.135. The van der Waals surface area contributed by atoms with Crippen LogP contribution in [0.4, 0.5) is 0 Å². The van der Waals surface area contributed by atoms with E-state index in [0.717, 1.165) is 10.9 Å². The lowest BCUT2D eigenvalue weighted by Gasteiger charge is -2.22. The number of carbonyl (C=O) groups is 3. The Bertz CT molecular complexity index is 1150. The minimum Gasteiger partial charge on any atom is -0.497 e. The number of carbonyl (C=O) groups excluding carboxylic acids is 3. The van der Waals surface area contributed by atoms with E-state index in [1.807, 2.05) is 6.07 Å². The lowest BCUT2D eigenvalue weighted by Crippen LogP contribution is -2.41. The van der Waals surface area contributed by atoms with E-state index in [1.165, 1.54) is 11.7 Å². The minimum atomic E-state index is -0.658. The Hall–Kier alpha value is -3.81. The van der Waals surface area contributed by atoms with Crippen LogP contribution in [0.5, 0.6) is 11.6 Å². The third kappa shape index (κ3) is 3.59. The number of aromatic nitrogens is 1. The van der Waals surface area contributed by atoms with Crippen molar-refractivity contribution in [2.24, 2.45) is 0 Å². The zero-order valence-corrected chi connectivity index (χ0v) is 16.3. The van der Waals surface area contributed by atoms with Gasteiger partial charge in [0.25, 0.3) is 5.91 Å². The second kappa shape index (κ2) is 7.90. The molecule has 3 aromatic rings. The summed E-state index contributed by atoms with van der Waals surface area (Å²) in [7, 11) is 1.54. The van der Waals surface area contributed by atoms with E-state index in [0.29, 0.717) is 23.1 Å². The summed E-state index contributed by atoms with van der Waals surface area (Å²) in [6, 6.07) is 11.6. The number of rotatable bonds is 5. The molecule has 1 saturated heterocycles. The molecule has 0 radical (unpaired) electrons. The molecule has 1 atom stereocenters. The highest BCUT2D eigenvalue weighted by molar-refractivity contribution is 6.00. The maximum atomic E-state index is 12.5. The Morgan fingerprint density at radius 2 is 2.03 bits per heavy atom. The zero-order chi connectivity index (χ0) is 21.3. The van der Waals surface area contributed by atoms with E-state index in [4.69, 9.17) is 4.74 Å². The van der Waals surface area contributed by atoms with Gasteiger partial charge in [-0.05, 0) is 36.2 Å². The summed E-state index contributed by atoms with van der Waals surface area (Å²) in [5, 5.41) is 17.1.